The number of ether oxygens (including phenoxy) is 1. The normalized spacial score (nSPS) is 13.4. The van der Waals surface area contributed by atoms with E-state index in [2.05, 4.69) is 14.6 Å². The van der Waals surface area contributed by atoms with Gasteiger partial charge in [0.2, 0.25) is 0 Å². The van der Waals surface area contributed by atoms with Gasteiger partial charge in [-0.15, -0.1) is 0 Å². The molecule has 1 unspecified atom stereocenters. The summed E-state index contributed by atoms with van der Waals surface area (Å²) in [5, 5.41) is 3.81. The number of hydrogen-bond donors (Lipinski definition) is 1. The van der Waals surface area contributed by atoms with Gasteiger partial charge in [0.1, 0.15) is 3.92 Å². The van der Waals surface area contributed by atoms with E-state index in [0.717, 1.165) is 0 Å². The van der Waals surface area contributed by atoms with Crippen molar-refractivity contribution < 1.29 is 17.9 Å². The first-order valence-electron chi connectivity index (χ1n) is 4.58. The fraction of sp³-hybridized carbons (Fsp3) is 0.500. The number of carbonyl (C=O) groups is 1. The second-order valence-electron chi connectivity index (χ2n) is 3.14. The molecule has 17 heavy (non-hydrogen) atoms. The lowest BCUT2D eigenvalue weighted by atomic mass is 10.4. The first kappa shape index (κ1) is 14.4. The molecule has 0 amide bonds. The van der Waals surface area contributed by atoms with Crippen LogP contribution in [-0.4, -0.2) is 41.7 Å². The molecule has 0 radical (unpaired) electrons. The van der Waals surface area contributed by atoms with Crippen LogP contribution in [0.2, 0.25) is 0 Å². The molecule has 9 heteroatoms. The highest BCUT2D eigenvalue weighted by atomic mass is 127. The summed E-state index contributed by atoms with van der Waals surface area (Å²) in [6.45, 7) is -0.0270. The Bertz CT molecular complexity index is 499. The molecular weight excluding hydrogens is 361 g/mol. The van der Waals surface area contributed by atoms with E-state index < -0.39 is 19.9 Å². The van der Waals surface area contributed by atoms with Crippen molar-refractivity contribution in [3.05, 3.63) is 12.3 Å². The lowest BCUT2D eigenvalue weighted by Crippen LogP contribution is -2.34. The second-order valence-corrected chi connectivity index (χ2v) is 6.35. The van der Waals surface area contributed by atoms with Gasteiger partial charge < -0.3 is 4.74 Å². The van der Waals surface area contributed by atoms with Crippen LogP contribution in [0.15, 0.2) is 17.3 Å². The molecule has 1 rings (SSSR count). The van der Waals surface area contributed by atoms with Crippen molar-refractivity contribution in [2.45, 2.75) is 8.95 Å². The average molecular weight is 373 g/mol. The number of nitrogens with one attached hydrogen (secondary N) is 1. The summed E-state index contributed by atoms with van der Waals surface area (Å²) in [5.41, 5.74) is 0. The number of esters is 1. The molecule has 1 aromatic rings. The van der Waals surface area contributed by atoms with E-state index in [1.165, 1.54) is 31.1 Å². The predicted octanol–water partition coefficient (Wildman–Crippen LogP) is -0.325. The first-order valence-corrected chi connectivity index (χ1v) is 7.31. The number of rotatable bonds is 5. The molecule has 1 aromatic heterocycles. The third kappa shape index (κ3) is 3.64. The van der Waals surface area contributed by atoms with Crippen LogP contribution < -0.4 is 4.72 Å². The average Bonchev–Trinajstić information content (AvgIpc) is 2.72. The van der Waals surface area contributed by atoms with Crippen LogP contribution in [-0.2, 0) is 26.6 Å². The zero-order valence-corrected chi connectivity index (χ0v) is 12.2. The lowest BCUT2D eigenvalue weighted by molar-refractivity contribution is -0.139. The Hall–Kier alpha value is -0.680. The van der Waals surface area contributed by atoms with Crippen molar-refractivity contribution in [2.75, 3.05) is 13.7 Å². The molecule has 0 bridgehead atoms. The van der Waals surface area contributed by atoms with Gasteiger partial charge in [-0.25, -0.2) is 13.1 Å². The summed E-state index contributed by atoms with van der Waals surface area (Å²) in [4.78, 5) is 11.1. The van der Waals surface area contributed by atoms with Crippen molar-refractivity contribution in [3.63, 3.8) is 0 Å². The third-order valence-corrected chi connectivity index (χ3v) is 4.41. The summed E-state index contributed by atoms with van der Waals surface area (Å²) >= 11 is 1.81. The summed E-state index contributed by atoms with van der Waals surface area (Å²) < 4.78 is 31.1. The van der Waals surface area contributed by atoms with Crippen LogP contribution in [0.4, 0.5) is 0 Å². The van der Waals surface area contributed by atoms with E-state index in [4.69, 9.17) is 0 Å². The van der Waals surface area contributed by atoms with Crippen molar-refractivity contribution >= 4 is 38.6 Å². The van der Waals surface area contributed by atoms with Crippen LogP contribution in [0, 0.1) is 0 Å². The highest BCUT2D eigenvalue weighted by molar-refractivity contribution is 14.1. The van der Waals surface area contributed by atoms with Gasteiger partial charge in [-0.3, -0.25) is 9.48 Å². The van der Waals surface area contributed by atoms with E-state index in [1.807, 2.05) is 22.6 Å². The molecule has 1 heterocycles. The Morgan fingerprint density at radius 1 is 1.71 bits per heavy atom. The fourth-order valence-corrected chi connectivity index (χ4v) is 3.04. The lowest BCUT2D eigenvalue weighted by Gasteiger charge is -2.09. The van der Waals surface area contributed by atoms with Crippen LogP contribution in [0.5, 0.6) is 0 Å². The number of carbonyl (C=O) groups excluding carboxylic acids is 1. The monoisotopic (exact) mass is 373 g/mol. The zero-order valence-electron chi connectivity index (χ0n) is 9.25. The van der Waals surface area contributed by atoms with Crippen LogP contribution in [0.25, 0.3) is 0 Å². The Balaban J connectivity index is 2.70. The van der Waals surface area contributed by atoms with E-state index >= 15 is 0 Å². The number of methoxy groups -OCH3 is 1. The Morgan fingerprint density at radius 3 is 2.82 bits per heavy atom. The van der Waals surface area contributed by atoms with Crippen molar-refractivity contribution in [1.29, 1.82) is 0 Å². The smallest absolute Gasteiger partial charge is 0.319 e. The number of sulfonamides is 1. The molecule has 0 aliphatic carbocycles. The predicted molar refractivity (Wildman–Crippen MR) is 68.2 cm³/mol. The summed E-state index contributed by atoms with van der Waals surface area (Å²) in [6.07, 6.45) is 1.39. The molecule has 0 saturated carbocycles. The number of aryl methyl sites for hydroxylation is 1. The van der Waals surface area contributed by atoms with E-state index in [9.17, 15) is 13.2 Å². The maximum absolute atomic E-state index is 11.8. The largest absolute Gasteiger partial charge is 0.468 e. The minimum Gasteiger partial charge on any atom is -0.468 e. The zero-order chi connectivity index (χ0) is 13.1. The van der Waals surface area contributed by atoms with Crippen LogP contribution in [0.3, 0.4) is 0 Å². The number of alkyl halides is 1. The quantitative estimate of drug-likeness (QED) is 0.434. The van der Waals surface area contributed by atoms with Gasteiger partial charge in [0.15, 0.2) is 5.03 Å². The fourth-order valence-electron chi connectivity index (χ4n) is 1.09. The van der Waals surface area contributed by atoms with Gasteiger partial charge >= 0.3 is 5.97 Å². The minimum absolute atomic E-state index is 0.0270. The standard InChI is InChI=1S/C8H12IN3O4S/c1-12-7(3-4-10-12)17(14,15)11-5-6(9)8(13)16-2/h3-4,6,11H,5H2,1-2H3. The SMILES string of the molecule is COC(=O)C(I)CNS(=O)(=O)c1ccnn1C. The van der Waals surface area contributed by atoms with E-state index in [0.29, 0.717) is 0 Å². The number of halogens is 1. The van der Waals surface area contributed by atoms with Gasteiger partial charge in [-0.1, -0.05) is 22.6 Å². The molecule has 7 nitrogen and oxygen atoms in total. The molecule has 1 N–H and O–H groups in total. The number of nitrogens with zero attached hydrogens (tertiary/aromatic N) is 2. The third-order valence-electron chi connectivity index (χ3n) is 1.96. The van der Waals surface area contributed by atoms with Crippen molar-refractivity contribution in [1.82, 2.24) is 14.5 Å². The Morgan fingerprint density at radius 2 is 2.35 bits per heavy atom. The highest BCUT2D eigenvalue weighted by Gasteiger charge is 2.22. The molecule has 96 valence electrons. The van der Waals surface area contributed by atoms with Crippen molar-refractivity contribution in [3.8, 4) is 0 Å². The van der Waals surface area contributed by atoms with Crippen molar-refractivity contribution in [2.24, 2.45) is 7.05 Å². The molecular formula is C8H12IN3O4S. The molecule has 0 fully saturated rings. The van der Waals surface area contributed by atoms with E-state index in [1.54, 1.807) is 0 Å². The van der Waals surface area contributed by atoms with Gasteiger partial charge in [-0.05, 0) is 6.07 Å². The molecule has 1 atom stereocenters. The highest BCUT2D eigenvalue weighted by Crippen LogP contribution is 2.07. The van der Waals surface area contributed by atoms with Crippen LogP contribution in [0.1, 0.15) is 0 Å². The molecule has 0 aliphatic heterocycles. The minimum atomic E-state index is -3.65. The van der Waals surface area contributed by atoms with Gasteiger partial charge in [0.25, 0.3) is 10.0 Å². The second kappa shape index (κ2) is 5.78. The van der Waals surface area contributed by atoms with E-state index in [-0.39, 0.29) is 11.6 Å². The Labute approximate surface area is 113 Å². The molecule has 0 aromatic carbocycles. The Kier molecular flexibility index (Phi) is 4.89. The summed E-state index contributed by atoms with van der Waals surface area (Å²) in [5.74, 6) is -0.474. The summed E-state index contributed by atoms with van der Waals surface area (Å²) in [7, 11) is -0.869. The van der Waals surface area contributed by atoms with Gasteiger partial charge in [0.05, 0.1) is 13.3 Å². The topological polar surface area (TPSA) is 90.3 Å². The molecule has 0 spiro atoms. The summed E-state index contributed by atoms with van der Waals surface area (Å²) in [6, 6.07) is 1.38. The first-order chi connectivity index (χ1) is 7.88. The number of aromatic nitrogens is 2. The van der Waals surface area contributed by atoms with Gasteiger partial charge in [-0.2, -0.15) is 5.10 Å². The molecule has 0 aliphatic rings. The number of hydrogen-bond acceptors (Lipinski definition) is 5. The van der Waals surface area contributed by atoms with Crippen LogP contribution >= 0.6 is 22.6 Å². The maximum Gasteiger partial charge on any atom is 0.319 e. The maximum atomic E-state index is 11.8. The molecule has 0 saturated heterocycles. The van der Waals surface area contributed by atoms with Gasteiger partial charge in [0, 0.05) is 13.6 Å².